The number of hydrogen-bond acceptors (Lipinski definition) is 2. The molecular formula is C16H25NS. The van der Waals surface area contributed by atoms with Crippen molar-refractivity contribution in [2.75, 3.05) is 12.8 Å². The van der Waals surface area contributed by atoms with Crippen molar-refractivity contribution in [3.05, 3.63) is 29.8 Å². The van der Waals surface area contributed by atoms with Crippen molar-refractivity contribution in [2.24, 2.45) is 5.92 Å². The van der Waals surface area contributed by atoms with Gasteiger partial charge in [-0.1, -0.05) is 37.8 Å². The van der Waals surface area contributed by atoms with Crippen LogP contribution in [0.15, 0.2) is 29.2 Å². The van der Waals surface area contributed by atoms with E-state index < -0.39 is 0 Å². The molecule has 1 fully saturated rings. The highest BCUT2D eigenvalue weighted by Crippen LogP contribution is 2.27. The zero-order chi connectivity index (χ0) is 12.8. The Morgan fingerprint density at radius 1 is 1.22 bits per heavy atom. The molecule has 0 radical (unpaired) electrons. The van der Waals surface area contributed by atoms with Crippen LogP contribution in [-0.2, 0) is 0 Å². The van der Waals surface area contributed by atoms with E-state index in [1.807, 2.05) is 0 Å². The zero-order valence-electron chi connectivity index (χ0n) is 11.6. The van der Waals surface area contributed by atoms with E-state index in [4.69, 9.17) is 0 Å². The van der Waals surface area contributed by atoms with Gasteiger partial charge in [0.05, 0.1) is 0 Å². The molecule has 0 aromatic heterocycles. The van der Waals surface area contributed by atoms with Gasteiger partial charge in [0.2, 0.25) is 0 Å². The zero-order valence-corrected chi connectivity index (χ0v) is 12.4. The molecule has 1 aliphatic carbocycles. The SMILES string of the molecule is CSc1ccc(C(C)NCCC2CCCC2)cc1. The highest BCUT2D eigenvalue weighted by atomic mass is 32.2. The highest BCUT2D eigenvalue weighted by molar-refractivity contribution is 7.98. The summed E-state index contributed by atoms with van der Waals surface area (Å²) >= 11 is 1.80. The Hall–Kier alpha value is -0.470. The minimum Gasteiger partial charge on any atom is -0.310 e. The molecule has 1 aromatic rings. The Kier molecular flexibility index (Phi) is 5.58. The first-order chi connectivity index (χ1) is 8.79. The second-order valence-electron chi connectivity index (χ2n) is 5.39. The van der Waals surface area contributed by atoms with Gasteiger partial charge in [0.25, 0.3) is 0 Å². The lowest BCUT2D eigenvalue weighted by Crippen LogP contribution is -2.21. The third-order valence-electron chi connectivity index (χ3n) is 4.09. The second-order valence-corrected chi connectivity index (χ2v) is 6.27. The van der Waals surface area contributed by atoms with Crippen molar-refractivity contribution in [2.45, 2.75) is 50.0 Å². The van der Waals surface area contributed by atoms with Crippen LogP contribution in [0.3, 0.4) is 0 Å². The van der Waals surface area contributed by atoms with E-state index in [1.165, 1.54) is 42.6 Å². The van der Waals surface area contributed by atoms with Crippen LogP contribution < -0.4 is 5.32 Å². The lowest BCUT2D eigenvalue weighted by molar-refractivity contribution is 0.455. The lowest BCUT2D eigenvalue weighted by atomic mass is 10.0. The molecule has 0 amide bonds. The monoisotopic (exact) mass is 263 g/mol. The van der Waals surface area contributed by atoms with Gasteiger partial charge in [-0.15, -0.1) is 11.8 Å². The van der Waals surface area contributed by atoms with Gasteiger partial charge >= 0.3 is 0 Å². The van der Waals surface area contributed by atoms with Crippen LogP contribution >= 0.6 is 11.8 Å². The molecule has 1 aromatic carbocycles. The lowest BCUT2D eigenvalue weighted by Gasteiger charge is -2.16. The molecule has 1 nitrogen and oxygen atoms in total. The molecule has 1 atom stereocenters. The van der Waals surface area contributed by atoms with E-state index in [-0.39, 0.29) is 0 Å². The first-order valence-corrected chi connectivity index (χ1v) is 8.39. The second kappa shape index (κ2) is 7.20. The quantitative estimate of drug-likeness (QED) is 0.750. The molecular weight excluding hydrogens is 238 g/mol. The maximum atomic E-state index is 3.66. The molecule has 0 spiro atoms. The largest absolute Gasteiger partial charge is 0.310 e. The minimum atomic E-state index is 0.474. The number of nitrogens with one attached hydrogen (secondary N) is 1. The summed E-state index contributed by atoms with van der Waals surface area (Å²) in [5.74, 6) is 0.989. The molecule has 0 aliphatic heterocycles. The molecule has 1 aliphatic rings. The molecule has 100 valence electrons. The van der Waals surface area contributed by atoms with Crippen LogP contribution in [0.5, 0.6) is 0 Å². The van der Waals surface area contributed by atoms with Gasteiger partial charge in [-0.3, -0.25) is 0 Å². The van der Waals surface area contributed by atoms with Crippen molar-refractivity contribution in [3.8, 4) is 0 Å². The summed E-state index contributed by atoms with van der Waals surface area (Å²) in [6, 6.07) is 9.41. The van der Waals surface area contributed by atoms with Gasteiger partial charge in [-0.25, -0.2) is 0 Å². The normalized spacial score (nSPS) is 18.1. The van der Waals surface area contributed by atoms with Crippen molar-refractivity contribution < 1.29 is 0 Å². The minimum absolute atomic E-state index is 0.474. The molecule has 2 heteroatoms. The van der Waals surface area contributed by atoms with E-state index in [9.17, 15) is 0 Å². The summed E-state index contributed by atoms with van der Waals surface area (Å²) < 4.78 is 0. The average molecular weight is 263 g/mol. The number of benzene rings is 1. The standard InChI is InChI=1S/C16H25NS/c1-13(15-7-9-16(18-2)10-8-15)17-12-11-14-5-3-4-6-14/h7-10,13-14,17H,3-6,11-12H2,1-2H3. The topological polar surface area (TPSA) is 12.0 Å². The van der Waals surface area contributed by atoms with E-state index in [0.717, 1.165) is 12.5 Å². The third kappa shape index (κ3) is 4.03. The molecule has 0 saturated heterocycles. The summed E-state index contributed by atoms with van der Waals surface area (Å²) in [5, 5.41) is 3.66. The van der Waals surface area contributed by atoms with Crippen molar-refractivity contribution >= 4 is 11.8 Å². The number of rotatable bonds is 6. The fraction of sp³-hybridized carbons (Fsp3) is 0.625. The maximum Gasteiger partial charge on any atom is 0.0291 e. The fourth-order valence-corrected chi connectivity index (χ4v) is 3.22. The summed E-state index contributed by atoms with van der Waals surface area (Å²) in [4.78, 5) is 1.34. The van der Waals surface area contributed by atoms with Crippen molar-refractivity contribution in [1.29, 1.82) is 0 Å². The molecule has 1 saturated carbocycles. The molecule has 18 heavy (non-hydrogen) atoms. The number of hydrogen-bond donors (Lipinski definition) is 1. The van der Waals surface area contributed by atoms with Crippen LogP contribution in [-0.4, -0.2) is 12.8 Å². The van der Waals surface area contributed by atoms with Gasteiger partial charge in [0, 0.05) is 10.9 Å². The Morgan fingerprint density at radius 3 is 2.50 bits per heavy atom. The summed E-state index contributed by atoms with van der Waals surface area (Å²) in [7, 11) is 0. The molecule has 2 rings (SSSR count). The number of thioether (sulfide) groups is 1. The van der Waals surface area contributed by atoms with Crippen molar-refractivity contribution in [3.63, 3.8) is 0 Å². The summed E-state index contributed by atoms with van der Waals surface area (Å²) in [6.07, 6.45) is 9.30. The van der Waals surface area contributed by atoms with Gasteiger partial charge in [-0.05, 0) is 49.8 Å². The Labute approximate surface area is 116 Å². The van der Waals surface area contributed by atoms with E-state index in [1.54, 1.807) is 11.8 Å². The first-order valence-electron chi connectivity index (χ1n) is 7.17. The summed E-state index contributed by atoms with van der Waals surface area (Å²) in [5.41, 5.74) is 1.40. The molecule has 0 heterocycles. The third-order valence-corrected chi connectivity index (χ3v) is 4.84. The maximum absolute atomic E-state index is 3.66. The van der Waals surface area contributed by atoms with E-state index in [2.05, 4.69) is 42.8 Å². The van der Waals surface area contributed by atoms with Gasteiger partial charge in [0.15, 0.2) is 0 Å². The Bertz CT molecular complexity index is 341. The molecule has 1 unspecified atom stereocenters. The van der Waals surface area contributed by atoms with Gasteiger partial charge in [-0.2, -0.15) is 0 Å². The van der Waals surface area contributed by atoms with Crippen LogP contribution in [0.25, 0.3) is 0 Å². The predicted molar refractivity (Wildman–Crippen MR) is 81.2 cm³/mol. The van der Waals surface area contributed by atoms with Gasteiger partial charge in [0.1, 0.15) is 0 Å². The van der Waals surface area contributed by atoms with Crippen molar-refractivity contribution in [1.82, 2.24) is 5.32 Å². The fourth-order valence-electron chi connectivity index (χ4n) is 2.81. The molecule has 1 N–H and O–H groups in total. The van der Waals surface area contributed by atoms with Crippen LogP contribution in [0.4, 0.5) is 0 Å². The van der Waals surface area contributed by atoms with Crippen LogP contribution in [0, 0.1) is 5.92 Å². The first kappa shape index (κ1) is 14.0. The Morgan fingerprint density at radius 2 is 1.89 bits per heavy atom. The smallest absolute Gasteiger partial charge is 0.0291 e. The van der Waals surface area contributed by atoms with Crippen LogP contribution in [0.2, 0.25) is 0 Å². The molecule has 0 bridgehead atoms. The van der Waals surface area contributed by atoms with E-state index >= 15 is 0 Å². The Balaban J connectivity index is 1.74. The van der Waals surface area contributed by atoms with Gasteiger partial charge < -0.3 is 5.32 Å². The predicted octanol–water partition coefficient (Wildman–Crippen LogP) is 4.64. The average Bonchev–Trinajstić information content (AvgIpc) is 2.92. The summed E-state index contributed by atoms with van der Waals surface area (Å²) in [6.45, 7) is 3.43. The van der Waals surface area contributed by atoms with Crippen LogP contribution in [0.1, 0.15) is 50.6 Å². The highest BCUT2D eigenvalue weighted by Gasteiger charge is 2.14. The van der Waals surface area contributed by atoms with E-state index in [0.29, 0.717) is 6.04 Å².